The highest BCUT2D eigenvalue weighted by Gasteiger charge is 2.23. The van der Waals surface area contributed by atoms with Crippen LogP contribution in [0.3, 0.4) is 0 Å². The molecule has 0 saturated heterocycles. The first kappa shape index (κ1) is 10.9. The lowest BCUT2D eigenvalue weighted by Crippen LogP contribution is -2.24. The van der Waals surface area contributed by atoms with E-state index in [4.69, 9.17) is 4.74 Å². The van der Waals surface area contributed by atoms with Gasteiger partial charge in [0.25, 0.3) is 0 Å². The van der Waals surface area contributed by atoms with Gasteiger partial charge in [-0.3, -0.25) is 5.10 Å². The van der Waals surface area contributed by atoms with Crippen LogP contribution in [-0.2, 0) is 0 Å². The molecule has 2 N–H and O–H groups in total. The van der Waals surface area contributed by atoms with Crippen molar-refractivity contribution in [2.24, 2.45) is 0 Å². The first-order valence-corrected chi connectivity index (χ1v) is 5.83. The fraction of sp³-hybridized carbons (Fsp3) is 0.333. The average molecular weight is 245 g/mol. The predicted molar refractivity (Wildman–Crippen MR) is 69.0 cm³/mol. The molecular formula is C12H15N5O. The van der Waals surface area contributed by atoms with Gasteiger partial charge in [0.05, 0.1) is 12.2 Å². The molecule has 0 bridgehead atoms. The number of benzene rings is 1. The van der Waals surface area contributed by atoms with Gasteiger partial charge < -0.3 is 15.0 Å². The summed E-state index contributed by atoms with van der Waals surface area (Å²) < 4.78 is 5.90. The molecule has 1 unspecified atom stereocenters. The summed E-state index contributed by atoms with van der Waals surface area (Å²) in [6.07, 6.45) is -0.138. The van der Waals surface area contributed by atoms with Crippen LogP contribution in [0.1, 0.15) is 11.9 Å². The molecule has 1 aromatic carbocycles. The lowest BCUT2D eigenvalue weighted by molar-refractivity contribution is 0.201. The first-order valence-electron chi connectivity index (χ1n) is 5.83. The highest BCUT2D eigenvalue weighted by atomic mass is 16.5. The third-order valence-corrected chi connectivity index (χ3v) is 2.83. The molecule has 1 atom stereocenters. The molecule has 0 spiro atoms. The molecule has 18 heavy (non-hydrogen) atoms. The Morgan fingerprint density at radius 2 is 2.17 bits per heavy atom. The van der Waals surface area contributed by atoms with E-state index in [9.17, 15) is 0 Å². The molecule has 3 rings (SSSR count). The maximum absolute atomic E-state index is 5.90. The summed E-state index contributed by atoms with van der Waals surface area (Å²) in [6.45, 7) is 0.680. The Balaban J connectivity index is 1.83. The number of fused-ring (bicyclic) bond motifs is 1. The monoisotopic (exact) mass is 245 g/mol. The zero-order chi connectivity index (χ0) is 12.5. The van der Waals surface area contributed by atoms with Crippen molar-refractivity contribution in [1.29, 1.82) is 0 Å². The van der Waals surface area contributed by atoms with E-state index in [0.717, 1.165) is 17.3 Å². The number of rotatable bonds is 2. The summed E-state index contributed by atoms with van der Waals surface area (Å²) in [4.78, 5) is 6.25. The van der Waals surface area contributed by atoms with E-state index in [1.807, 2.05) is 43.3 Å². The number of anilines is 2. The number of aromatic amines is 1. The minimum atomic E-state index is -0.138. The molecule has 0 amide bonds. The normalized spacial score (nSPS) is 17.6. The van der Waals surface area contributed by atoms with E-state index in [1.165, 1.54) is 0 Å². The number of H-pyrrole nitrogens is 1. The number of para-hydroxylation sites is 2. The molecule has 1 aliphatic rings. The van der Waals surface area contributed by atoms with Crippen LogP contribution in [0, 0.1) is 0 Å². The second-order valence-corrected chi connectivity index (χ2v) is 4.40. The van der Waals surface area contributed by atoms with Crippen molar-refractivity contribution >= 4 is 11.6 Å². The van der Waals surface area contributed by atoms with Crippen LogP contribution in [0.2, 0.25) is 0 Å². The maximum Gasteiger partial charge on any atom is 0.244 e. The zero-order valence-electron chi connectivity index (χ0n) is 10.3. The molecule has 0 radical (unpaired) electrons. The van der Waals surface area contributed by atoms with Crippen molar-refractivity contribution in [3.05, 3.63) is 30.1 Å². The van der Waals surface area contributed by atoms with Crippen molar-refractivity contribution in [2.75, 3.05) is 30.9 Å². The SMILES string of the molecule is CN(C)c1n[nH]c(C2CNc3ccccc3O2)n1. The minimum absolute atomic E-state index is 0.138. The summed E-state index contributed by atoms with van der Waals surface area (Å²) in [5, 5.41) is 10.4. The summed E-state index contributed by atoms with van der Waals surface area (Å²) in [5.41, 5.74) is 1.01. The molecule has 6 heteroatoms. The first-order chi connectivity index (χ1) is 8.74. The Hall–Kier alpha value is -2.24. The van der Waals surface area contributed by atoms with Gasteiger partial charge in [0.2, 0.25) is 5.95 Å². The Kier molecular flexibility index (Phi) is 2.55. The lowest BCUT2D eigenvalue weighted by Gasteiger charge is -2.25. The van der Waals surface area contributed by atoms with E-state index >= 15 is 0 Å². The van der Waals surface area contributed by atoms with Gasteiger partial charge in [0.1, 0.15) is 5.75 Å². The average Bonchev–Trinajstić information content (AvgIpc) is 2.88. The van der Waals surface area contributed by atoms with Crippen molar-refractivity contribution in [1.82, 2.24) is 15.2 Å². The second-order valence-electron chi connectivity index (χ2n) is 4.40. The molecule has 0 saturated carbocycles. The van der Waals surface area contributed by atoms with Crippen LogP contribution in [-0.4, -0.2) is 35.8 Å². The van der Waals surface area contributed by atoms with E-state index in [-0.39, 0.29) is 6.10 Å². The fourth-order valence-electron chi connectivity index (χ4n) is 1.87. The number of nitrogens with one attached hydrogen (secondary N) is 2. The quantitative estimate of drug-likeness (QED) is 0.837. The topological polar surface area (TPSA) is 66.1 Å². The third kappa shape index (κ3) is 1.85. The fourth-order valence-corrected chi connectivity index (χ4v) is 1.87. The van der Waals surface area contributed by atoms with Gasteiger partial charge in [-0.15, -0.1) is 5.10 Å². The number of hydrogen-bond acceptors (Lipinski definition) is 5. The summed E-state index contributed by atoms with van der Waals surface area (Å²) in [5.74, 6) is 2.24. The number of hydrogen-bond donors (Lipinski definition) is 2. The van der Waals surface area contributed by atoms with Crippen LogP contribution in [0.4, 0.5) is 11.6 Å². The molecule has 1 aliphatic heterocycles. The van der Waals surface area contributed by atoms with Crippen LogP contribution in [0.15, 0.2) is 24.3 Å². The molecule has 6 nitrogen and oxygen atoms in total. The van der Waals surface area contributed by atoms with E-state index in [1.54, 1.807) is 0 Å². The highest BCUT2D eigenvalue weighted by molar-refractivity contribution is 5.57. The molecular weight excluding hydrogens is 230 g/mol. The van der Waals surface area contributed by atoms with Crippen LogP contribution in [0.5, 0.6) is 5.75 Å². The number of ether oxygens (including phenoxy) is 1. The van der Waals surface area contributed by atoms with E-state index < -0.39 is 0 Å². The van der Waals surface area contributed by atoms with Crippen LogP contribution >= 0.6 is 0 Å². The Morgan fingerprint density at radius 3 is 2.94 bits per heavy atom. The van der Waals surface area contributed by atoms with Crippen molar-refractivity contribution < 1.29 is 4.74 Å². The smallest absolute Gasteiger partial charge is 0.244 e. The molecule has 0 aliphatic carbocycles. The van der Waals surface area contributed by atoms with Crippen LogP contribution in [0.25, 0.3) is 0 Å². The van der Waals surface area contributed by atoms with Gasteiger partial charge in [-0.1, -0.05) is 12.1 Å². The van der Waals surface area contributed by atoms with Crippen molar-refractivity contribution in [2.45, 2.75) is 6.10 Å². The third-order valence-electron chi connectivity index (χ3n) is 2.83. The molecule has 0 fully saturated rings. The summed E-state index contributed by atoms with van der Waals surface area (Å²) in [6, 6.07) is 7.87. The largest absolute Gasteiger partial charge is 0.478 e. The molecule has 94 valence electrons. The molecule has 2 heterocycles. The van der Waals surface area contributed by atoms with E-state index in [0.29, 0.717) is 12.5 Å². The lowest BCUT2D eigenvalue weighted by atomic mass is 10.2. The standard InChI is InChI=1S/C12H15N5O/c1-17(2)12-14-11(15-16-12)10-7-13-8-5-3-4-6-9(8)18-10/h3-6,10,13H,7H2,1-2H3,(H,14,15,16). The summed E-state index contributed by atoms with van der Waals surface area (Å²) >= 11 is 0. The molecule has 2 aromatic rings. The highest BCUT2D eigenvalue weighted by Crippen LogP contribution is 2.32. The van der Waals surface area contributed by atoms with Gasteiger partial charge in [0.15, 0.2) is 11.9 Å². The predicted octanol–water partition coefficient (Wildman–Crippen LogP) is 1.42. The Bertz CT molecular complexity index is 551. The number of aromatic nitrogens is 3. The van der Waals surface area contributed by atoms with Crippen molar-refractivity contribution in [3.8, 4) is 5.75 Å². The summed E-state index contributed by atoms with van der Waals surface area (Å²) in [7, 11) is 3.81. The van der Waals surface area contributed by atoms with E-state index in [2.05, 4.69) is 20.5 Å². The minimum Gasteiger partial charge on any atom is -0.478 e. The van der Waals surface area contributed by atoms with Gasteiger partial charge in [-0.05, 0) is 12.1 Å². The van der Waals surface area contributed by atoms with Gasteiger partial charge in [-0.2, -0.15) is 4.98 Å². The van der Waals surface area contributed by atoms with Gasteiger partial charge in [0, 0.05) is 14.1 Å². The maximum atomic E-state index is 5.90. The zero-order valence-corrected chi connectivity index (χ0v) is 10.3. The Labute approximate surface area is 105 Å². The van der Waals surface area contributed by atoms with Gasteiger partial charge in [-0.25, -0.2) is 0 Å². The van der Waals surface area contributed by atoms with Crippen LogP contribution < -0.4 is 15.0 Å². The molecule has 1 aromatic heterocycles. The second kappa shape index (κ2) is 4.21. The Morgan fingerprint density at radius 1 is 1.33 bits per heavy atom. The number of nitrogens with zero attached hydrogens (tertiary/aromatic N) is 3. The van der Waals surface area contributed by atoms with Crippen molar-refractivity contribution in [3.63, 3.8) is 0 Å². The van der Waals surface area contributed by atoms with Gasteiger partial charge >= 0.3 is 0 Å².